The lowest BCUT2D eigenvalue weighted by Crippen LogP contribution is -2.02. The first-order valence-electron chi connectivity index (χ1n) is 6.11. The molecular weight excluding hydrogens is 238 g/mol. The number of nitrogens with two attached hydrogens (primary N) is 4. The summed E-state index contributed by atoms with van der Waals surface area (Å²) in [5, 5.41) is 2.30. The second kappa shape index (κ2) is 5.17. The fourth-order valence-electron chi connectivity index (χ4n) is 2.39. The zero-order valence-corrected chi connectivity index (χ0v) is 10.9. The molecule has 9 N–H and O–H groups in total. The van der Waals surface area contributed by atoms with Crippen LogP contribution in [0.25, 0.3) is 21.8 Å². The van der Waals surface area contributed by atoms with E-state index in [2.05, 4.69) is 23.6 Å². The molecule has 0 saturated heterocycles. The van der Waals surface area contributed by atoms with Crippen molar-refractivity contribution in [3.63, 3.8) is 0 Å². The molecule has 5 nitrogen and oxygen atoms in total. The molecule has 3 aromatic rings. The lowest BCUT2D eigenvalue weighted by molar-refractivity contribution is 1.15. The van der Waals surface area contributed by atoms with Gasteiger partial charge in [0.15, 0.2) is 0 Å². The van der Waals surface area contributed by atoms with E-state index in [9.17, 15) is 0 Å². The van der Waals surface area contributed by atoms with Crippen LogP contribution in [0, 0.1) is 0 Å². The van der Waals surface area contributed by atoms with Crippen LogP contribution in [0.2, 0.25) is 0 Å². The van der Waals surface area contributed by atoms with Crippen molar-refractivity contribution in [3.05, 3.63) is 35.9 Å². The van der Waals surface area contributed by atoms with E-state index in [4.69, 9.17) is 11.5 Å². The maximum atomic E-state index is 5.94. The van der Waals surface area contributed by atoms with Gasteiger partial charge in [-0.1, -0.05) is 6.92 Å². The van der Waals surface area contributed by atoms with Crippen LogP contribution in [0.1, 0.15) is 12.5 Å². The van der Waals surface area contributed by atoms with Gasteiger partial charge >= 0.3 is 0 Å². The van der Waals surface area contributed by atoms with Crippen LogP contribution >= 0.6 is 0 Å². The monoisotopic (exact) mass is 257 g/mol. The topological polar surface area (TPSA) is 120 Å². The lowest BCUT2D eigenvalue weighted by atomic mass is 10.1. The number of anilines is 2. The van der Waals surface area contributed by atoms with Crippen molar-refractivity contribution in [2.24, 2.45) is 11.7 Å². The van der Waals surface area contributed by atoms with Gasteiger partial charge in [-0.2, -0.15) is 0 Å². The smallest absolute Gasteiger partial charge is 0.0498 e. The average Bonchev–Trinajstić information content (AvgIpc) is 2.78. The van der Waals surface area contributed by atoms with E-state index in [0.717, 1.165) is 34.1 Å². The molecule has 0 amide bonds. The number of H-pyrrole nitrogens is 1. The summed E-state index contributed by atoms with van der Waals surface area (Å²) in [7, 11) is 0. The Morgan fingerprint density at radius 2 is 1.63 bits per heavy atom. The summed E-state index contributed by atoms with van der Waals surface area (Å²) < 4.78 is 0. The summed E-state index contributed by atoms with van der Waals surface area (Å²) >= 11 is 0. The minimum atomic E-state index is 0.777. The molecule has 0 atom stereocenters. The first-order valence-corrected chi connectivity index (χ1v) is 6.11. The highest BCUT2D eigenvalue weighted by atomic mass is 15.0. The number of rotatable bonds is 1. The summed E-state index contributed by atoms with van der Waals surface area (Å²) in [5.41, 5.74) is 16.9. The van der Waals surface area contributed by atoms with Crippen LogP contribution in [0.15, 0.2) is 30.3 Å². The van der Waals surface area contributed by atoms with Gasteiger partial charge in [0.2, 0.25) is 0 Å². The Kier molecular flexibility index (Phi) is 3.59. The summed E-state index contributed by atoms with van der Waals surface area (Å²) in [6.07, 6.45) is 0.962. The zero-order valence-electron chi connectivity index (χ0n) is 10.9. The largest absolute Gasteiger partial charge is 0.399 e. The van der Waals surface area contributed by atoms with Crippen molar-refractivity contribution < 1.29 is 0 Å². The summed E-state index contributed by atoms with van der Waals surface area (Å²) in [5.74, 6) is 8.00. The van der Waals surface area contributed by atoms with Crippen LogP contribution in [-0.4, -0.2) is 4.98 Å². The molecule has 0 radical (unpaired) electrons. The molecule has 2 aromatic carbocycles. The molecular formula is C14H19N5. The molecule has 0 spiro atoms. The van der Waals surface area contributed by atoms with Gasteiger partial charge in [0, 0.05) is 33.2 Å². The summed E-state index contributed by atoms with van der Waals surface area (Å²) in [6.45, 7) is 2.13. The molecule has 1 aromatic heterocycles. The SMILES string of the molecule is CCc1cc(N)cc2c1[nH]c1ccc(N)cc12.NN. The van der Waals surface area contributed by atoms with Gasteiger partial charge in [-0.3, -0.25) is 11.7 Å². The average molecular weight is 257 g/mol. The van der Waals surface area contributed by atoms with E-state index in [1.54, 1.807) is 0 Å². The molecule has 0 aliphatic carbocycles. The predicted molar refractivity (Wildman–Crippen MR) is 82.4 cm³/mol. The molecule has 0 aliphatic heterocycles. The maximum absolute atomic E-state index is 5.94. The second-order valence-corrected chi connectivity index (χ2v) is 4.39. The van der Waals surface area contributed by atoms with E-state index in [1.165, 1.54) is 11.1 Å². The molecule has 3 rings (SSSR count). The molecule has 0 unspecified atom stereocenters. The van der Waals surface area contributed by atoms with Gasteiger partial charge in [-0.15, -0.1) is 0 Å². The third-order valence-corrected chi connectivity index (χ3v) is 3.22. The number of hydrogen-bond donors (Lipinski definition) is 5. The minimum Gasteiger partial charge on any atom is -0.399 e. The number of aromatic amines is 1. The predicted octanol–water partition coefficient (Wildman–Crippen LogP) is 1.87. The van der Waals surface area contributed by atoms with E-state index in [0.29, 0.717) is 0 Å². The molecule has 1 heterocycles. The quantitative estimate of drug-likeness (QED) is 0.259. The zero-order chi connectivity index (χ0) is 14.0. The van der Waals surface area contributed by atoms with Crippen molar-refractivity contribution >= 4 is 33.2 Å². The molecule has 19 heavy (non-hydrogen) atoms. The van der Waals surface area contributed by atoms with E-state index in [1.807, 2.05) is 30.3 Å². The number of nitrogen functional groups attached to an aromatic ring is 2. The molecule has 0 fully saturated rings. The highest BCUT2D eigenvalue weighted by molar-refractivity contribution is 6.10. The van der Waals surface area contributed by atoms with E-state index < -0.39 is 0 Å². The normalized spacial score (nSPS) is 10.5. The van der Waals surface area contributed by atoms with E-state index >= 15 is 0 Å². The van der Waals surface area contributed by atoms with Gasteiger partial charge in [0.25, 0.3) is 0 Å². The minimum absolute atomic E-state index is 0.777. The Labute approximate surface area is 111 Å². The van der Waals surface area contributed by atoms with Gasteiger partial charge < -0.3 is 16.5 Å². The molecule has 0 aliphatic rings. The third-order valence-electron chi connectivity index (χ3n) is 3.22. The molecule has 100 valence electrons. The first-order chi connectivity index (χ1) is 9.19. The third kappa shape index (κ3) is 2.21. The van der Waals surface area contributed by atoms with Gasteiger partial charge in [-0.25, -0.2) is 0 Å². The van der Waals surface area contributed by atoms with Crippen molar-refractivity contribution in [3.8, 4) is 0 Å². The number of hydrogen-bond acceptors (Lipinski definition) is 4. The fourth-order valence-corrected chi connectivity index (χ4v) is 2.39. The molecule has 0 bridgehead atoms. The Morgan fingerprint density at radius 3 is 2.32 bits per heavy atom. The van der Waals surface area contributed by atoms with Crippen LogP contribution in [0.4, 0.5) is 11.4 Å². The summed E-state index contributed by atoms with van der Waals surface area (Å²) in [6, 6.07) is 9.95. The van der Waals surface area contributed by atoms with Gasteiger partial charge in [0.1, 0.15) is 0 Å². The van der Waals surface area contributed by atoms with Crippen LogP contribution < -0.4 is 23.2 Å². The van der Waals surface area contributed by atoms with Crippen LogP contribution in [0.5, 0.6) is 0 Å². The Bertz CT molecular complexity index is 714. The van der Waals surface area contributed by atoms with Crippen molar-refractivity contribution in [1.82, 2.24) is 4.98 Å². The van der Waals surface area contributed by atoms with Gasteiger partial charge in [-0.05, 0) is 42.3 Å². The highest BCUT2D eigenvalue weighted by Gasteiger charge is 2.08. The molecule has 0 saturated carbocycles. The van der Waals surface area contributed by atoms with Crippen LogP contribution in [0.3, 0.4) is 0 Å². The molecule has 5 heteroatoms. The summed E-state index contributed by atoms with van der Waals surface area (Å²) in [4.78, 5) is 3.44. The highest BCUT2D eigenvalue weighted by Crippen LogP contribution is 2.31. The number of hydrazine groups is 1. The number of fused-ring (bicyclic) bond motifs is 3. The fraction of sp³-hybridized carbons (Fsp3) is 0.143. The Balaban J connectivity index is 0.000000637. The van der Waals surface area contributed by atoms with Crippen molar-refractivity contribution in [2.45, 2.75) is 13.3 Å². The number of benzene rings is 2. The number of nitrogens with one attached hydrogen (secondary N) is 1. The van der Waals surface area contributed by atoms with Crippen molar-refractivity contribution in [2.75, 3.05) is 11.5 Å². The standard InChI is InChI=1S/C14H15N3.H4N2/c1-2-8-5-10(16)7-12-11-6-9(15)3-4-13(11)17-14(8)12;1-2/h3-7,17H,2,15-16H2,1H3;1-2H2. The maximum Gasteiger partial charge on any atom is 0.0498 e. The number of aromatic nitrogens is 1. The Hall–Kier alpha value is -2.24. The van der Waals surface area contributed by atoms with E-state index in [-0.39, 0.29) is 0 Å². The Morgan fingerprint density at radius 1 is 0.947 bits per heavy atom. The van der Waals surface area contributed by atoms with Gasteiger partial charge in [0.05, 0.1) is 0 Å². The second-order valence-electron chi connectivity index (χ2n) is 4.39. The first kappa shape index (κ1) is 13.2. The van der Waals surface area contributed by atoms with Crippen molar-refractivity contribution in [1.29, 1.82) is 0 Å². The van der Waals surface area contributed by atoms with Crippen LogP contribution in [-0.2, 0) is 6.42 Å². The lowest BCUT2D eigenvalue weighted by Gasteiger charge is -2.01. The number of aryl methyl sites for hydroxylation is 1.